The number of hydrogen-bond acceptors (Lipinski definition) is 12. The summed E-state index contributed by atoms with van der Waals surface area (Å²) in [7, 11) is 7.00. The van der Waals surface area contributed by atoms with E-state index < -0.39 is 84.1 Å². The van der Waals surface area contributed by atoms with Crippen molar-refractivity contribution in [2.45, 2.75) is 173 Å². The zero-order valence-corrected chi connectivity index (χ0v) is 35.6. The van der Waals surface area contributed by atoms with E-state index in [2.05, 4.69) is 5.32 Å². The third kappa shape index (κ3) is 10.2. The zero-order chi connectivity index (χ0) is 41.3. The Bertz CT molecular complexity index is 1320. The standard InChI is InChI=1S/C40H72N4O11/c1-21(2)30-37(49)44-16-14-15-27(44)36(48)43(12)20-22(3)18-39(8,50)34(55-38-31(45)28(42(10)11)17-23(4)52-38)24(5)32(25(6)35(47)41-30)54-29-19-40(9,51-13)33(46)26(7)53-29/h21-34,38,45-46,50H,14-20H2,1-13H3,(H,41,47)/t22-,23-,24+,25-,26+,27-,28+,29+,30+,31-,32+,33+,34-,38+,39-,40-/m1/s1. The van der Waals surface area contributed by atoms with Crippen molar-refractivity contribution in [1.29, 1.82) is 0 Å². The molecule has 0 aromatic heterocycles. The topological polar surface area (TPSA) is 180 Å². The van der Waals surface area contributed by atoms with Crippen molar-refractivity contribution in [3.05, 3.63) is 0 Å². The summed E-state index contributed by atoms with van der Waals surface area (Å²) in [4.78, 5) is 47.7. The Morgan fingerprint density at radius 3 is 2.24 bits per heavy atom. The van der Waals surface area contributed by atoms with Gasteiger partial charge in [0, 0.05) is 45.6 Å². The van der Waals surface area contributed by atoms with Gasteiger partial charge >= 0.3 is 0 Å². The summed E-state index contributed by atoms with van der Waals surface area (Å²) in [5, 5.41) is 38.2. The fraction of sp³-hybridized carbons (Fsp3) is 0.925. The van der Waals surface area contributed by atoms with E-state index in [1.54, 1.807) is 44.5 Å². The molecule has 4 rings (SSSR count). The summed E-state index contributed by atoms with van der Waals surface area (Å²) in [6.45, 7) is 17.0. The van der Waals surface area contributed by atoms with E-state index >= 15 is 0 Å². The fourth-order valence-electron chi connectivity index (χ4n) is 9.39. The van der Waals surface area contributed by atoms with E-state index in [1.807, 2.05) is 53.6 Å². The molecule has 0 aliphatic carbocycles. The van der Waals surface area contributed by atoms with Gasteiger partial charge in [0.05, 0.1) is 41.5 Å². The second-order valence-electron chi connectivity index (χ2n) is 18.1. The van der Waals surface area contributed by atoms with Crippen LogP contribution in [0.1, 0.15) is 94.4 Å². The molecule has 0 bridgehead atoms. The minimum atomic E-state index is -1.59. The van der Waals surface area contributed by atoms with Crippen LogP contribution in [-0.4, -0.2) is 168 Å². The first-order chi connectivity index (χ1) is 25.5. The molecule has 0 radical (unpaired) electrons. The first kappa shape index (κ1) is 45.7. The van der Waals surface area contributed by atoms with Gasteiger partial charge in [-0.15, -0.1) is 0 Å². The summed E-state index contributed by atoms with van der Waals surface area (Å²) in [5.74, 6) is -3.17. The van der Waals surface area contributed by atoms with Crippen molar-refractivity contribution in [3.63, 3.8) is 0 Å². The molecule has 0 aromatic carbocycles. The summed E-state index contributed by atoms with van der Waals surface area (Å²) in [6, 6.07) is -1.86. The van der Waals surface area contributed by atoms with Gasteiger partial charge in [-0.05, 0) is 79.3 Å². The highest BCUT2D eigenvalue weighted by Gasteiger charge is 2.52. The van der Waals surface area contributed by atoms with Crippen LogP contribution in [0.15, 0.2) is 0 Å². The smallest absolute Gasteiger partial charge is 0.246 e. The molecule has 4 N–H and O–H groups in total. The van der Waals surface area contributed by atoms with Crippen molar-refractivity contribution in [2.24, 2.45) is 23.7 Å². The van der Waals surface area contributed by atoms with Crippen LogP contribution in [0.5, 0.6) is 0 Å². The van der Waals surface area contributed by atoms with Crippen LogP contribution < -0.4 is 5.32 Å². The average molecular weight is 785 g/mol. The third-order valence-corrected chi connectivity index (χ3v) is 12.6. The van der Waals surface area contributed by atoms with Crippen molar-refractivity contribution in [3.8, 4) is 0 Å². The molecule has 15 nitrogen and oxygen atoms in total. The molecule has 4 fully saturated rings. The van der Waals surface area contributed by atoms with Gasteiger partial charge in [0.25, 0.3) is 0 Å². The predicted molar refractivity (Wildman–Crippen MR) is 204 cm³/mol. The number of methoxy groups -OCH3 is 1. The van der Waals surface area contributed by atoms with E-state index in [4.69, 9.17) is 23.7 Å². The zero-order valence-electron chi connectivity index (χ0n) is 35.6. The highest BCUT2D eigenvalue weighted by Crippen LogP contribution is 2.39. The van der Waals surface area contributed by atoms with E-state index in [9.17, 15) is 29.7 Å². The molecule has 4 saturated heterocycles. The van der Waals surface area contributed by atoms with Gasteiger partial charge in [0.1, 0.15) is 24.3 Å². The minimum absolute atomic E-state index is 0.141. The lowest BCUT2D eigenvalue weighted by Gasteiger charge is -2.49. The molecule has 4 aliphatic heterocycles. The SMILES string of the molecule is CO[C@]1(C)C[C@H](O[C@H]2[C@H](C)[C@@H](O[C@@H]3O[C@H](C)C[C@H](N(C)C)[C@H]3O)[C@](C)(O)C[C@@H](C)CN(C)C(=O)[C@H]3CCCN3C(=O)[C@H](C(C)C)NC(=O)[C@@H]2C)O[C@@H](C)[C@@H]1O. The number of carbonyl (C=O) groups excluding carboxylic acids is 3. The lowest BCUT2D eigenvalue weighted by atomic mass is 9.77. The minimum Gasteiger partial charge on any atom is -0.387 e. The summed E-state index contributed by atoms with van der Waals surface area (Å²) in [6.07, 6.45) is -4.98. The number of amides is 3. The molecule has 3 amide bonds. The van der Waals surface area contributed by atoms with Crippen molar-refractivity contribution in [2.75, 3.05) is 41.3 Å². The molecule has 318 valence electrons. The third-order valence-electron chi connectivity index (χ3n) is 12.6. The number of likely N-dealkylation sites (N-methyl/N-ethyl adjacent to an activating group) is 2. The number of fused-ring (bicyclic) bond motifs is 1. The Kier molecular flexibility index (Phi) is 15.2. The van der Waals surface area contributed by atoms with Gasteiger partial charge in [-0.3, -0.25) is 14.4 Å². The van der Waals surface area contributed by atoms with Crippen LogP contribution in [-0.2, 0) is 38.1 Å². The molecule has 16 atom stereocenters. The molecule has 15 heteroatoms. The van der Waals surface area contributed by atoms with Crippen molar-refractivity contribution >= 4 is 17.7 Å². The number of carbonyl (C=O) groups is 3. The maximum Gasteiger partial charge on any atom is 0.246 e. The fourth-order valence-corrected chi connectivity index (χ4v) is 9.39. The van der Waals surface area contributed by atoms with Crippen LogP contribution >= 0.6 is 0 Å². The van der Waals surface area contributed by atoms with Gasteiger partial charge in [-0.2, -0.15) is 0 Å². The number of nitrogens with zero attached hydrogens (tertiary/aromatic N) is 3. The quantitative estimate of drug-likeness (QED) is 0.295. The Morgan fingerprint density at radius 1 is 0.982 bits per heavy atom. The van der Waals surface area contributed by atoms with E-state index in [0.29, 0.717) is 32.4 Å². The molecule has 4 aliphatic rings. The molecule has 0 unspecified atom stereocenters. The average Bonchev–Trinajstić information content (AvgIpc) is 3.59. The number of nitrogens with one attached hydrogen (secondary N) is 1. The van der Waals surface area contributed by atoms with Crippen LogP contribution in [0.25, 0.3) is 0 Å². The Morgan fingerprint density at radius 2 is 1.64 bits per heavy atom. The number of rotatable bonds is 7. The first-order valence-electron chi connectivity index (χ1n) is 20.3. The van der Waals surface area contributed by atoms with E-state index in [-0.39, 0.29) is 48.6 Å². The van der Waals surface area contributed by atoms with Gasteiger partial charge in [-0.25, -0.2) is 0 Å². The molecule has 0 spiro atoms. The van der Waals surface area contributed by atoms with Crippen LogP contribution in [0, 0.1) is 23.7 Å². The molecular weight excluding hydrogens is 712 g/mol. The Balaban J connectivity index is 1.83. The highest BCUT2D eigenvalue weighted by atomic mass is 16.7. The second kappa shape index (κ2) is 18.3. The van der Waals surface area contributed by atoms with Crippen LogP contribution in [0.3, 0.4) is 0 Å². The normalized spacial score (nSPS) is 44.6. The molecule has 4 heterocycles. The lowest BCUT2D eigenvalue weighted by Crippen LogP contribution is -2.61. The molecular formula is C40H72N4O11. The van der Waals surface area contributed by atoms with Crippen molar-refractivity contribution < 1.29 is 53.4 Å². The van der Waals surface area contributed by atoms with Crippen molar-refractivity contribution in [1.82, 2.24) is 20.0 Å². The lowest BCUT2D eigenvalue weighted by molar-refractivity contribution is -0.317. The molecule has 0 aromatic rings. The van der Waals surface area contributed by atoms with E-state index in [1.165, 1.54) is 7.11 Å². The monoisotopic (exact) mass is 785 g/mol. The first-order valence-corrected chi connectivity index (χ1v) is 20.3. The van der Waals surface area contributed by atoms with E-state index in [0.717, 1.165) is 0 Å². The van der Waals surface area contributed by atoms with Crippen LogP contribution in [0.4, 0.5) is 0 Å². The van der Waals surface area contributed by atoms with Crippen LogP contribution in [0.2, 0.25) is 0 Å². The second-order valence-corrected chi connectivity index (χ2v) is 18.1. The Hall–Kier alpha value is -1.95. The maximum atomic E-state index is 14.5. The van der Waals surface area contributed by atoms with Gasteiger partial charge in [0.15, 0.2) is 12.6 Å². The van der Waals surface area contributed by atoms with Gasteiger partial charge in [0.2, 0.25) is 17.7 Å². The highest BCUT2D eigenvalue weighted by molar-refractivity contribution is 5.93. The maximum absolute atomic E-state index is 14.5. The number of aliphatic hydroxyl groups excluding tert-OH is 2. The summed E-state index contributed by atoms with van der Waals surface area (Å²) < 4.78 is 31.7. The molecule has 55 heavy (non-hydrogen) atoms. The summed E-state index contributed by atoms with van der Waals surface area (Å²) >= 11 is 0. The number of aliphatic hydroxyl groups is 3. The van der Waals surface area contributed by atoms with Gasteiger partial charge < -0.3 is 59.0 Å². The number of ether oxygens (including phenoxy) is 5. The molecule has 0 saturated carbocycles. The largest absolute Gasteiger partial charge is 0.387 e. The Labute approximate surface area is 328 Å². The summed E-state index contributed by atoms with van der Waals surface area (Å²) in [5.41, 5.74) is -2.61. The number of hydrogen-bond donors (Lipinski definition) is 4. The van der Waals surface area contributed by atoms with Gasteiger partial charge in [-0.1, -0.05) is 34.6 Å². The predicted octanol–water partition coefficient (Wildman–Crippen LogP) is 1.74.